The molecule has 8 nitrogen and oxygen atoms in total. The quantitative estimate of drug-likeness (QED) is 0.600. The highest BCUT2D eigenvalue weighted by atomic mass is 35.5. The van der Waals surface area contributed by atoms with Crippen LogP contribution < -0.4 is 10.2 Å². The zero-order valence-corrected chi connectivity index (χ0v) is 17.3. The summed E-state index contributed by atoms with van der Waals surface area (Å²) in [5.41, 5.74) is 1.19. The summed E-state index contributed by atoms with van der Waals surface area (Å²) in [6.07, 6.45) is 1.37. The number of nitrogens with one attached hydrogen (secondary N) is 1. The molecule has 5 rings (SSSR count). The second kappa shape index (κ2) is 8.37. The van der Waals surface area contributed by atoms with E-state index >= 15 is 0 Å². The van der Waals surface area contributed by atoms with Crippen molar-refractivity contribution in [3.05, 3.63) is 53.4 Å². The lowest BCUT2D eigenvalue weighted by atomic mass is 10.1. The minimum atomic E-state index is -0.689. The van der Waals surface area contributed by atoms with E-state index in [0.29, 0.717) is 17.0 Å². The van der Waals surface area contributed by atoms with Crippen LogP contribution in [0.3, 0.4) is 0 Å². The van der Waals surface area contributed by atoms with Gasteiger partial charge in [0.15, 0.2) is 0 Å². The molecule has 164 valence electrons. The van der Waals surface area contributed by atoms with Crippen molar-refractivity contribution in [1.29, 1.82) is 0 Å². The second-order valence-electron chi connectivity index (χ2n) is 7.51. The van der Waals surface area contributed by atoms with Crippen LogP contribution >= 0.6 is 11.6 Å². The Labute approximate surface area is 183 Å². The lowest BCUT2D eigenvalue weighted by Gasteiger charge is -2.47. The average Bonchev–Trinajstić information content (AvgIpc) is 3.15. The molecule has 3 aromatic rings. The predicted molar refractivity (Wildman–Crippen MR) is 114 cm³/mol. The Morgan fingerprint density at radius 3 is 2.52 bits per heavy atom. The van der Waals surface area contributed by atoms with Crippen molar-refractivity contribution in [3.63, 3.8) is 0 Å². The molecule has 0 spiro atoms. The van der Waals surface area contributed by atoms with Crippen molar-refractivity contribution in [2.24, 2.45) is 0 Å². The van der Waals surface area contributed by atoms with Crippen molar-refractivity contribution in [2.75, 3.05) is 49.6 Å². The zero-order valence-electron chi connectivity index (χ0n) is 16.5. The van der Waals surface area contributed by atoms with E-state index in [1.54, 1.807) is 0 Å². The summed E-state index contributed by atoms with van der Waals surface area (Å²) in [4.78, 5) is 13.1. The molecule has 1 aromatic carbocycles. The molecule has 0 saturated carbocycles. The molecule has 2 aromatic heterocycles. The first kappa shape index (κ1) is 20.1. The number of nitrogens with zero attached hydrogens (tertiary/aromatic N) is 6. The average molecular weight is 450 g/mol. The number of hydrogen-bond donors (Lipinski definition) is 1. The third-order valence-corrected chi connectivity index (χ3v) is 5.61. The molecule has 2 aliphatic heterocycles. The summed E-state index contributed by atoms with van der Waals surface area (Å²) in [7, 11) is 0. The molecule has 11 heteroatoms. The minimum absolute atomic E-state index is 0. The Hall–Kier alpha value is -2.82. The number of ether oxygens (including phenoxy) is 1. The van der Waals surface area contributed by atoms with E-state index in [-0.39, 0.29) is 13.1 Å². The molecular weight excluding hydrogens is 428 g/mol. The van der Waals surface area contributed by atoms with Gasteiger partial charge in [-0.15, -0.1) is 5.10 Å². The summed E-state index contributed by atoms with van der Waals surface area (Å²) in [6, 6.07) is 7.36. The Kier molecular flexibility index (Phi) is 5.43. The van der Waals surface area contributed by atoms with Crippen LogP contribution in [-0.2, 0) is 4.74 Å². The lowest BCUT2D eigenvalue weighted by Crippen LogP contribution is -2.61. The van der Waals surface area contributed by atoms with Crippen LogP contribution in [0.1, 0.15) is 1.43 Å². The normalized spacial score (nSPS) is 17.6. The number of pyridine rings is 1. The standard InChI is InChI=1S/C20H20ClF2N7O.H2/c21-18-8-15(29-10-17(11-29)28-1-3-31-4-2-28)9-19(25-18)26-20-24-12-30(27-20)16-6-13(22)5-14(23)7-16;/h5-9,12,17H,1-4,10-11H2,(H,25,26,27);1H. The zero-order chi connectivity index (χ0) is 21.4. The maximum atomic E-state index is 13.5. The van der Waals surface area contributed by atoms with Gasteiger partial charge in [-0.2, -0.15) is 4.98 Å². The predicted octanol–water partition coefficient (Wildman–Crippen LogP) is 3.10. The van der Waals surface area contributed by atoms with Gasteiger partial charge in [-0.25, -0.2) is 18.4 Å². The molecule has 2 aliphatic rings. The van der Waals surface area contributed by atoms with Gasteiger partial charge in [-0.3, -0.25) is 4.90 Å². The van der Waals surface area contributed by atoms with Crippen molar-refractivity contribution < 1.29 is 14.9 Å². The Bertz CT molecular complexity index is 1070. The van der Waals surface area contributed by atoms with E-state index in [1.165, 1.54) is 23.1 Å². The Balaban J connectivity index is 0.00000245. The van der Waals surface area contributed by atoms with Crippen LogP contribution in [0.4, 0.5) is 26.2 Å². The van der Waals surface area contributed by atoms with Gasteiger partial charge in [0.2, 0.25) is 5.95 Å². The Morgan fingerprint density at radius 1 is 1.03 bits per heavy atom. The lowest BCUT2D eigenvalue weighted by molar-refractivity contribution is 0.0105. The van der Waals surface area contributed by atoms with E-state index in [1.807, 2.05) is 12.1 Å². The van der Waals surface area contributed by atoms with Gasteiger partial charge < -0.3 is 15.0 Å². The summed E-state index contributed by atoms with van der Waals surface area (Å²) in [6.45, 7) is 5.33. The molecule has 0 radical (unpaired) electrons. The number of rotatable bonds is 5. The number of halogens is 3. The first-order valence-electron chi connectivity index (χ1n) is 9.93. The molecule has 0 amide bonds. The van der Waals surface area contributed by atoms with Crippen LogP contribution in [0.25, 0.3) is 5.69 Å². The van der Waals surface area contributed by atoms with Crippen molar-refractivity contribution >= 4 is 29.1 Å². The smallest absolute Gasteiger partial charge is 0.248 e. The van der Waals surface area contributed by atoms with Crippen molar-refractivity contribution in [2.45, 2.75) is 6.04 Å². The fraction of sp³-hybridized carbons (Fsp3) is 0.350. The van der Waals surface area contributed by atoms with E-state index in [4.69, 9.17) is 16.3 Å². The first-order valence-corrected chi connectivity index (χ1v) is 10.3. The van der Waals surface area contributed by atoms with Crippen molar-refractivity contribution in [3.8, 4) is 5.69 Å². The molecule has 2 saturated heterocycles. The van der Waals surface area contributed by atoms with Crippen LogP contribution in [0.15, 0.2) is 36.7 Å². The molecule has 31 heavy (non-hydrogen) atoms. The van der Waals surface area contributed by atoms with Gasteiger partial charge in [0, 0.05) is 51.5 Å². The van der Waals surface area contributed by atoms with Gasteiger partial charge in [-0.05, 0) is 18.2 Å². The van der Waals surface area contributed by atoms with Crippen LogP contribution in [-0.4, -0.2) is 70.1 Å². The van der Waals surface area contributed by atoms with Crippen LogP contribution in [0.2, 0.25) is 5.15 Å². The molecule has 0 bridgehead atoms. The second-order valence-corrected chi connectivity index (χ2v) is 7.89. The van der Waals surface area contributed by atoms with Gasteiger partial charge in [0.05, 0.1) is 18.9 Å². The molecule has 0 unspecified atom stereocenters. The van der Waals surface area contributed by atoms with E-state index < -0.39 is 11.6 Å². The molecule has 2 fully saturated rings. The summed E-state index contributed by atoms with van der Waals surface area (Å²) in [5.74, 6) is -0.655. The summed E-state index contributed by atoms with van der Waals surface area (Å²) in [5, 5.41) is 7.57. The monoisotopic (exact) mass is 449 g/mol. The number of morpholine rings is 1. The first-order chi connectivity index (χ1) is 15.0. The molecule has 4 heterocycles. The summed E-state index contributed by atoms with van der Waals surface area (Å²) >= 11 is 6.23. The van der Waals surface area contributed by atoms with Gasteiger partial charge >= 0.3 is 0 Å². The van der Waals surface area contributed by atoms with Crippen molar-refractivity contribution in [1.82, 2.24) is 24.6 Å². The SMILES string of the molecule is Fc1cc(F)cc(-n2cnc(Nc3cc(N4CC(N5CCOCC5)C4)cc(Cl)n3)n2)c1.[HH]. The van der Waals surface area contributed by atoms with E-state index in [9.17, 15) is 8.78 Å². The fourth-order valence-electron chi connectivity index (χ4n) is 3.80. The van der Waals surface area contributed by atoms with Gasteiger partial charge in [0.1, 0.15) is 28.9 Å². The van der Waals surface area contributed by atoms with Gasteiger partial charge in [-0.1, -0.05) is 11.6 Å². The highest BCUT2D eigenvalue weighted by Gasteiger charge is 2.33. The maximum absolute atomic E-state index is 13.5. The number of hydrogen-bond acceptors (Lipinski definition) is 7. The maximum Gasteiger partial charge on any atom is 0.248 e. The molecule has 0 aliphatic carbocycles. The molecular formula is C20H22ClF2N7O. The van der Waals surface area contributed by atoms with E-state index in [0.717, 1.165) is 51.1 Å². The third-order valence-electron chi connectivity index (χ3n) is 5.41. The van der Waals surface area contributed by atoms with E-state index in [2.05, 4.69) is 30.2 Å². The van der Waals surface area contributed by atoms with Gasteiger partial charge in [0.25, 0.3) is 0 Å². The largest absolute Gasteiger partial charge is 0.379 e. The third kappa shape index (κ3) is 4.46. The Morgan fingerprint density at radius 2 is 1.77 bits per heavy atom. The minimum Gasteiger partial charge on any atom is -0.379 e. The number of benzene rings is 1. The molecule has 0 atom stereocenters. The molecule has 1 N–H and O–H groups in total. The topological polar surface area (TPSA) is 71.3 Å². The fourth-order valence-corrected chi connectivity index (χ4v) is 4.00. The highest BCUT2D eigenvalue weighted by Crippen LogP contribution is 2.29. The van der Waals surface area contributed by atoms with Crippen LogP contribution in [0, 0.1) is 11.6 Å². The summed E-state index contributed by atoms with van der Waals surface area (Å²) < 4.78 is 33.6. The van der Waals surface area contributed by atoms with Crippen LogP contribution in [0.5, 0.6) is 0 Å². The highest BCUT2D eigenvalue weighted by molar-refractivity contribution is 6.29. The number of aromatic nitrogens is 4. The number of anilines is 3.